The van der Waals surface area contributed by atoms with E-state index < -0.39 is 11.8 Å². The Morgan fingerprint density at radius 2 is 2.04 bits per heavy atom. The van der Waals surface area contributed by atoms with Crippen molar-refractivity contribution in [2.75, 3.05) is 11.9 Å². The number of piperidine rings is 1. The Labute approximate surface area is 158 Å². The topological polar surface area (TPSA) is 86.7 Å². The predicted molar refractivity (Wildman–Crippen MR) is 100 cm³/mol. The lowest BCUT2D eigenvalue weighted by atomic mass is 9.97. The SMILES string of the molecule is CC(C)CC(=O)Nc1ccc(C(=O)N2CCCCC2CCC(=O)O)cc1F. The molecular formula is C20H27FN2O4. The van der Waals surface area contributed by atoms with E-state index in [2.05, 4.69) is 5.32 Å². The van der Waals surface area contributed by atoms with Crippen LogP contribution in [0.1, 0.15) is 62.7 Å². The second kappa shape index (κ2) is 9.48. The molecule has 27 heavy (non-hydrogen) atoms. The Hall–Kier alpha value is -2.44. The van der Waals surface area contributed by atoms with Crippen molar-refractivity contribution < 1.29 is 23.9 Å². The number of carbonyl (C=O) groups excluding carboxylic acids is 2. The fourth-order valence-electron chi connectivity index (χ4n) is 3.35. The third kappa shape index (κ3) is 6.05. The molecule has 1 fully saturated rings. The normalized spacial score (nSPS) is 17.0. The summed E-state index contributed by atoms with van der Waals surface area (Å²) >= 11 is 0. The average molecular weight is 378 g/mol. The summed E-state index contributed by atoms with van der Waals surface area (Å²) in [6.45, 7) is 4.34. The first-order valence-electron chi connectivity index (χ1n) is 9.40. The highest BCUT2D eigenvalue weighted by molar-refractivity contribution is 5.96. The minimum absolute atomic E-state index is 0.00360. The Balaban J connectivity index is 2.09. The second-order valence-corrected chi connectivity index (χ2v) is 7.42. The highest BCUT2D eigenvalue weighted by Crippen LogP contribution is 2.24. The summed E-state index contributed by atoms with van der Waals surface area (Å²) in [6, 6.07) is 3.89. The number of anilines is 1. The molecule has 1 unspecified atom stereocenters. The minimum atomic E-state index is -0.888. The van der Waals surface area contributed by atoms with Crippen molar-refractivity contribution in [1.29, 1.82) is 0 Å². The first-order chi connectivity index (χ1) is 12.8. The molecule has 7 heteroatoms. The van der Waals surface area contributed by atoms with Gasteiger partial charge in [0.15, 0.2) is 0 Å². The molecule has 2 N–H and O–H groups in total. The van der Waals surface area contributed by atoms with Crippen LogP contribution in [0.5, 0.6) is 0 Å². The number of carboxylic acid groups (broad SMARTS) is 1. The van der Waals surface area contributed by atoms with Crippen LogP contribution in [-0.2, 0) is 9.59 Å². The van der Waals surface area contributed by atoms with E-state index in [4.69, 9.17) is 5.11 Å². The average Bonchev–Trinajstić information content (AvgIpc) is 2.60. The fourth-order valence-corrected chi connectivity index (χ4v) is 3.35. The van der Waals surface area contributed by atoms with Crippen LogP contribution >= 0.6 is 0 Å². The zero-order valence-electron chi connectivity index (χ0n) is 15.8. The summed E-state index contributed by atoms with van der Waals surface area (Å²) in [7, 11) is 0. The number of benzene rings is 1. The smallest absolute Gasteiger partial charge is 0.303 e. The molecule has 0 radical (unpaired) electrons. The molecule has 0 spiro atoms. The number of carboxylic acids is 1. The van der Waals surface area contributed by atoms with Crippen LogP contribution in [0.25, 0.3) is 0 Å². The molecule has 1 heterocycles. The van der Waals surface area contributed by atoms with E-state index in [1.165, 1.54) is 12.1 Å². The number of likely N-dealkylation sites (tertiary alicyclic amines) is 1. The first-order valence-corrected chi connectivity index (χ1v) is 9.40. The van der Waals surface area contributed by atoms with E-state index in [0.717, 1.165) is 25.3 Å². The molecule has 0 saturated carbocycles. The number of nitrogens with one attached hydrogen (secondary N) is 1. The third-order valence-electron chi connectivity index (χ3n) is 4.66. The van der Waals surface area contributed by atoms with Crippen molar-refractivity contribution in [3.05, 3.63) is 29.6 Å². The Bertz CT molecular complexity index is 705. The monoisotopic (exact) mass is 378 g/mol. The van der Waals surface area contributed by atoms with Gasteiger partial charge in [0.25, 0.3) is 5.91 Å². The van der Waals surface area contributed by atoms with E-state index in [0.29, 0.717) is 19.4 Å². The number of halogens is 1. The highest BCUT2D eigenvalue weighted by Gasteiger charge is 2.28. The van der Waals surface area contributed by atoms with Gasteiger partial charge < -0.3 is 15.3 Å². The molecule has 2 rings (SSSR count). The summed E-state index contributed by atoms with van der Waals surface area (Å²) in [5.74, 6) is -1.95. The van der Waals surface area contributed by atoms with Gasteiger partial charge in [0.1, 0.15) is 5.82 Å². The lowest BCUT2D eigenvalue weighted by Crippen LogP contribution is -2.44. The van der Waals surface area contributed by atoms with E-state index in [9.17, 15) is 18.8 Å². The van der Waals surface area contributed by atoms with Crippen molar-refractivity contribution >= 4 is 23.5 Å². The van der Waals surface area contributed by atoms with Gasteiger partial charge >= 0.3 is 5.97 Å². The van der Waals surface area contributed by atoms with Gasteiger partial charge in [0, 0.05) is 31.0 Å². The zero-order valence-corrected chi connectivity index (χ0v) is 15.8. The number of hydrogen-bond acceptors (Lipinski definition) is 3. The molecule has 148 valence electrons. The molecule has 1 aromatic rings. The lowest BCUT2D eigenvalue weighted by Gasteiger charge is -2.35. The van der Waals surface area contributed by atoms with E-state index in [1.54, 1.807) is 4.90 Å². The van der Waals surface area contributed by atoms with Gasteiger partial charge in [-0.2, -0.15) is 0 Å². The molecule has 1 saturated heterocycles. The first kappa shape index (κ1) is 20.9. The number of nitrogens with zero attached hydrogens (tertiary/aromatic N) is 1. The molecule has 0 aromatic heterocycles. The van der Waals surface area contributed by atoms with Crippen LogP contribution in [0, 0.1) is 11.7 Å². The fraction of sp³-hybridized carbons (Fsp3) is 0.550. The number of aliphatic carboxylic acids is 1. The standard InChI is InChI=1S/C20H27FN2O4/c1-13(2)11-18(24)22-17-8-6-14(12-16(17)21)20(27)23-10-4-3-5-15(23)7-9-19(25)26/h6,8,12-13,15H,3-5,7,9-11H2,1-2H3,(H,22,24)(H,25,26). The summed E-state index contributed by atoms with van der Waals surface area (Å²) < 4.78 is 14.4. The van der Waals surface area contributed by atoms with Gasteiger partial charge in [0.2, 0.25) is 5.91 Å². The molecule has 0 bridgehead atoms. The van der Waals surface area contributed by atoms with Crippen molar-refractivity contribution in [3.63, 3.8) is 0 Å². The van der Waals surface area contributed by atoms with E-state index >= 15 is 0 Å². The van der Waals surface area contributed by atoms with Gasteiger partial charge in [-0.3, -0.25) is 14.4 Å². The molecule has 1 atom stereocenters. The predicted octanol–water partition coefficient (Wildman–Crippen LogP) is 3.67. The van der Waals surface area contributed by atoms with Crippen LogP contribution in [0.4, 0.5) is 10.1 Å². The van der Waals surface area contributed by atoms with Gasteiger partial charge in [-0.1, -0.05) is 13.8 Å². The van der Waals surface area contributed by atoms with Crippen molar-refractivity contribution in [3.8, 4) is 0 Å². The van der Waals surface area contributed by atoms with Gasteiger partial charge in [0.05, 0.1) is 5.69 Å². The molecule has 1 aromatic carbocycles. The highest BCUT2D eigenvalue weighted by atomic mass is 19.1. The van der Waals surface area contributed by atoms with Crippen molar-refractivity contribution in [1.82, 2.24) is 4.90 Å². The summed E-state index contributed by atoms with van der Waals surface area (Å²) in [5, 5.41) is 11.4. The van der Waals surface area contributed by atoms with Crippen LogP contribution in [0.2, 0.25) is 0 Å². The largest absolute Gasteiger partial charge is 0.481 e. The quantitative estimate of drug-likeness (QED) is 0.758. The van der Waals surface area contributed by atoms with Crippen LogP contribution in [0.15, 0.2) is 18.2 Å². The molecule has 6 nitrogen and oxygen atoms in total. The Morgan fingerprint density at radius 1 is 1.30 bits per heavy atom. The summed E-state index contributed by atoms with van der Waals surface area (Å²) in [6.07, 6.45) is 3.24. The third-order valence-corrected chi connectivity index (χ3v) is 4.66. The van der Waals surface area contributed by atoms with Crippen molar-refractivity contribution in [2.45, 2.75) is 58.4 Å². The number of hydrogen-bond donors (Lipinski definition) is 2. The van der Waals surface area contributed by atoms with Crippen LogP contribution in [-0.4, -0.2) is 40.4 Å². The lowest BCUT2D eigenvalue weighted by molar-refractivity contribution is -0.137. The number of rotatable bonds is 7. The molecule has 0 aliphatic carbocycles. The van der Waals surface area contributed by atoms with Gasteiger partial charge in [-0.25, -0.2) is 4.39 Å². The molecule has 2 amide bonds. The zero-order chi connectivity index (χ0) is 20.0. The number of carbonyl (C=O) groups is 3. The Morgan fingerprint density at radius 3 is 2.67 bits per heavy atom. The van der Waals surface area contributed by atoms with Gasteiger partial charge in [-0.05, 0) is 49.8 Å². The molecular weight excluding hydrogens is 351 g/mol. The maximum atomic E-state index is 14.4. The van der Waals surface area contributed by atoms with Gasteiger partial charge in [-0.15, -0.1) is 0 Å². The van der Waals surface area contributed by atoms with E-state index in [1.807, 2.05) is 13.8 Å². The second-order valence-electron chi connectivity index (χ2n) is 7.42. The molecule has 1 aliphatic rings. The van der Waals surface area contributed by atoms with Crippen LogP contribution in [0.3, 0.4) is 0 Å². The summed E-state index contributed by atoms with van der Waals surface area (Å²) in [4.78, 5) is 37.1. The number of amides is 2. The maximum Gasteiger partial charge on any atom is 0.303 e. The van der Waals surface area contributed by atoms with Crippen molar-refractivity contribution in [2.24, 2.45) is 5.92 Å². The van der Waals surface area contributed by atoms with Crippen LogP contribution < -0.4 is 5.32 Å². The minimum Gasteiger partial charge on any atom is -0.481 e. The molecule has 1 aliphatic heterocycles. The Kier molecular flexibility index (Phi) is 7.33. The van der Waals surface area contributed by atoms with E-state index in [-0.39, 0.29) is 41.4 Å². The maximum absolute atomic E-state index is 14.4. The summed E-state index contributed by atoms with van der Waals surface area (Å²) in [5.41, 5.74) is 0.259.